The molecule has 6 aromatic carbocycles. The summed E-state index contributed by atoms with van der Waals surface area (Å²) in [5.41, 5.74) is 22.8. The molecule has 1 heteroatoms. The van der Waals surface area contributed by atoms with Crippen LogP contribution in [0.5, 0.6) is 0 Å². The average molecular weight is 766 g/mol. The molecule has 8 atom stereocenters. The number of nitrogens with zero attached hydrogens (tertiary/aromatic N) is 1. The van der Waals surface area contributed by atoms with E-state index in [0.29, 0.717) is 0 Å². The van der Waals surface area contributed by atoms with E-state index in [1.54, 1.807) is 27.8 Å². The minimum absolute atomic E-state index is 0.0569. The zero-order chi connectivity index (χ0) is 38.8. The Labute approximate surface area is 350 Å². The van der Waals surface area contributed by atoms with Crippen molar-refractivity contribution in [1.29, 1.82) is 0 Å². The fourth-order valence-corrected chi connectivity index (χ4v) is 16.5. The minimum Gasteiger partial charge on any atom is -0.337 e. The minimum atomic E-state index is -0.0569. The first-order chi connectivity index (χ1) is 28.9. The third-order valence-electron chi connectivity index (χ3n) is 18.5. The van der Waals surface area contributed by atoms with Gasteiger partial charge in [-0.1, -0.05) is 130 Å². The fraction of sp³-hybridized carbons (Fsp3) is 0.379. The number of hydrogen-bond acceptors (Lipinski definition) is 1. The first kappa shape index (κ1) is 33.9. The Kier molecular flexibility index (Phi) is 6.71. The van der Waals surface area contributed by atoms with E-state index in [9.17, 15) is 0 Å². The molecule has 9 aliphatic carbocycles. The van der Waals surface area contributed by atoms with Crippen molar-refractivity contribution in [3.63, 3.8) is 0 Å². The van der Waals surface area contributed by atoms with Crippen LogP contribution in [-0.2, 0) is 22.8 Å². The summed E-state index contributed by atoms with van der Waals surface area (Å²) in [4.78, 5) is 2.76. The lowest BCUT2D eigenvalue weighted by atomic mass is 9.50. The lowest BCUT2D eigenvalue weighted by Crippen LogP contribution is -2.48. The zero-order valence-corrected chi connectivity index (χ0v) is 34.8. The summed E-state index contributed by atoms with van der Waals surface area (Å²) in [6.45, 7) is 5.76. The molecule has 0 saturated heterocycles. The van der Waals surface area contributed by atoms with Crippen molar-refractivity contribution in [2.24, 2.45) is 35.5 Å². The molecule has 6 saturated carbocycles. The maximum absolute atomic E-state index is 2.76. The number of rotatable bonds is 4. The smallest absolute Gasteiger partial charge is 0.0485 e. The molecule has 59 heavy (non-hydrogen) atoms. The number of anilines is 2. The van der Waals surface area contributed by atoms with Gasteiger partial charge in [-0.2, -0.15) is 0 Å². The Morgan fingerprint density at radius 3 is 1.80 bits per heavy atom. The summed E-state index contributed by atoms with van der Waals surface area (Å²) in [5.74, 6) is 4.90. The molecule has 0 heterocycles. The van der Waals surface area contributed by atoms with Gasteiger partial charge in [-0.25, -0.2) is 0 Å². The van der Waals surface area contributed by atoms with Crippen molar-refractivity contribution in [3.05, 3.63) is 166 Å². The highest BCUT2D eigenvalue weighted by molar-refractivity contribution is 5.87. The lowest BCUT2D eigenvalue weighted by molar-refractivity contribution is 0.0613. The van der Waals surface area contributed by atoms with E-state index in [2.05, 4.69) is 146 Å². The van der Waals surface area contributed by atoms with E-state index < -0.39 is 0 Å². The molecule has 0 N–H and O–H groups in total. The summed E-state index contributed by atoms with van der Waals surface area (Å²) >= 11 is 0. The van der Waals surface area contributed by atoms with Crippen molar-refractivity contribution < 1.29 is 0 Å². The van der Waals surface area contributed by atoms with Crippen LogP contribution in [0.15, 0.2) is 127 Å². The Morgan fingerprint density at radius 2 is 1.03 bits per heavy atom. The Hall–Kier alpha value is -4.88. The number of hydrogen-bond donors (Lipinski definition) is 0. The van der Waals surface area contributed by atoms with Gasteiger partial charge in [-0.05, 0) is 183 Å². The normalized spacial score (nSPS) is 31.2. The van der Waals surface area contributed by atoms with Crippen molar-refractivity contribution in [3.8, 4) is 33.4 Å². The molecular weight excluding hydrogens is 711 g/mol. The molecule has 292 valence electrons. The van der Waals surface area contributed by atoms with Crippen LogP contribution in [0, 0.1) is 35.5 Å². The fourth-order valence-electron chi connectivity index (χ4n) is 16.5. The van der Waals surface area contributed by atoms with Crippen LogP contribution in [0.2, 0.25) is 0 Å². The largest absolute Gasteiger partial charge is 0.337 e. The molecule has 0 radical (unpaired) electrons. The van der Waals surface area contributed by atoms with Gasteiger partial charge in [0, 0.05) is 34.2 Å². The van der Waals surface area contributed by atoms with Gasteiger partial charge in [0.15, 0.2) is 0 Å². The first-order valence-electron chi connectivity index (χ1n) is 23.4. The third kappa shape index (κ3) is 4.23. The van der Waals surface area contributed by atoms with Gasteiger partial charge in [0.25, 0.3) is 0 Å². The molecule has 6 fully saturated rings. The molecule has 1 nitrogen and oxygen atoms in total. The van der Waals surface area contributed by atoms with Gasteiger partial charge < -0.3 is 4.90 Å². The zero-order valence-electron chi connectivity index (χ0n) is 34.8. The molecule has 6 aromatic rings. The molecule has 2 spiro atoms. The van der Waals surface area contributed by atoms with Crippen LogP contribution in [0.25, 0.3) is 33.4 Å². The summed E-state index contributed by atoms with van der Waals surface area (Å²) < 4.78 is 0. The van der Waals surface area contributed by atoms with Gasteiger partial charge in [-0.15, -0.1) is 0 Å². The number of fused-ring (bicyclic) bond motifs is 15. The summed E-state index contributed by atoms with van der Waals surface area (Å²) in [6, 6.07) is 51.0. The Bertz CT molecular complexity index is 2760. The van der Waals surface area contributed by atoms with Crippen molar-refractivity contribution in [2.75, 3.05) is 4.90 Å². The molecule has 0 aliphatic heterocycles. The quantitative estimate of drug-likeness (QED) is 0.173. The standard InChI is InChI=1S/C58H55N/c1-56(2)50-15-6-3-11-44(50)47-24-22-42(31-53(47)56)59(43-23-25-48-45-12-4-7-16-51(45)57(54(48)32-43)33-36-19-20-39(57)28-36)34-38-10-9-14-49-46-13-5-8-17-52(46)58(55(38)49)40-21-18-35-26-37(29-40)30-41(58)27-35/h3-17,22-25,31-32,35-37,39-41H,18-21,26-30,33-34H2,1-2H3. The van der Waals surface area contributed by atoms with Crippen LogP contribution < -0.4 is 4.90 Å². The first-order valence-corrected chi connectivity index (χ1v) is 23.4. The molecule has 6 bridgehead atoms. The molecule has 0 amide bonds. The highest BCUT2D eigenvalue weighted by Gasteiger charge is 2.61. The van der Waals surface area contributed by atoms with Gasteiger partial charge in [-0.3, -0.25) is 0 Å². The van der Waals surface area contributed by atoms with Crippen LogP contribution >= 0.6 is 0 Å². The molecular formula is C58H55N. The molecule has 0 aromatic heterocycles. The van der Waals surface area contributed by atoms with Crippen molar-refractivity contribution >= 4 is 11.4 Å². The highest BCUT2D eigenvalue weighted by Crippen LogP contribution is 2.69. The second-order valence-electron chi connectivity index (χ2n) is 21.2. The predicted octanol–water partition coefficient (Wildman–Crippen LogP) is 14.5. The van der Waals surface area contributed by atoms with E-state index >= 15 is 0 Å². The van der Waals surface area contributed by atoms with Gasteiger partial charge in [0.2, 0.25) is 0 Å². The maximum Gasteiger partial charge on any atom is 0.0485 e. The van der Waals surface area contributed by atoms with Crippen molar-refractivity contribution in [2.45, 2.75) is 101 Å². The average Bonchev–Trinajstić information content (AvgIpc) is 4.04. The third-order valence-corrected chi connectivity index (χ3v) is 18.5. The van der Waals surface area contributed by atoms with E-state index in [0.717, 1.165) is 42.1 Å². The van der Waals surface area contributed by atoms with Gasteiger partial charge in [0.05, 0.1) is 0 Å². The molecule has 9 aliphatic rings. The summed E-state index contributed by atoms with van der Waals surface area (Å²) in [6.07, 6.45) is 14.0. The van der Waals surface area contributed by atoms with Crippen molar-refractivity contribution in [1.82, 2.24) is 0 Å². The summed E-state index contributed by atoms with van der Waals surface area (Å²) in [5, 5.41) is 0. The van der Waals surface area contributed by atoms with Crippen LogP contribution in [0.3, 0.4) is 0 Å². The number of benzene rings is 6. The topological polar surface area (TPSA) is 3.24 Å². The monoisotopic (exact) mass is 765 g/mol. The van der Waals surface area contributed by atoms with Gasteiger partial charge >= 0.3 is 0 Å². The van der Waals surface area contributed by atoms with Gasteiger partial charge in [0.1, 0.15) is 0 Å². The molecule has 15 rings (SSSR count). The second-order valence-corrected chi connectivity index (χ2v) is 21.2. The Morgan fingerprint density at radius 1 is 0.458 bits per heavy atom. The maximum atomic E-state index is 2.76. The van der Waals surface area contributed by atoms with E-state index in [1.165, 1.54) is 120 Å². The van der Waals surface area contributed by atoms with Crippen LogP contribution in [0.4, 0.5) is 11.4 Å². The van der Waals surface area contributed by atoms with E-state index in [-0.39, 0.29) is 16.2 Å². The van der Waals surface area contributed by atoms with E-state index in [4.69, 9.17) is 0 Å². The second kappa shape index (κ2) is 11.7. The SMILES string of the molecule is CC1(C)c2ccccc2-c2ccc(N(Cc3cccc4c3C3(c5ccccc5-4)C4CCC5CC(C4)CC3C5)c3ccc4c(c3)C3(CC5CCC3C5)c3ccccc3-4)cc21. The van der Waals surface area contributed by atoms with Crippen LogP contribution in [-0.4, -0.2) is 0 Å². The van der Waals surface area contributed by atoms with Crippen LogP contribution in [0.1, 0.15) is 117 Å². The van der Waals surface area contributed by atoms with E-state index in [1.807, 2.05) is 0 Å². The summed E-state index contributed by atoms with van der Waals surface area (Å²) in [7, 11) is 0. The predicted molar refractivity (Wildman–Crippen MR) is 242 cm³/mol. The molecule has 8 unspecified atom stereocenters. The Balaban J connectivity index is 0.979. The lowest BCUT2D eigenvalue weighted by Gasteiger charge is -2.53. The highest BCUT2D eigenvalue weighted by atomic mass is 15.1.